The van der Waals surface area contributed by atoms with E-state index in [1.807, 2.05) is 5.32 Å². The molecule has 2 aliphatic rings. The van der Waals surface area contributed by atoms with E-state index in [0.29, 0.717) is 51.6 Å². The number of carbonyl (C=O) groups excluding carboxylic acids is 2. The molecular formula is C16H24F3N3O4. The smallest absolute Gasteiger partial charge is 0.471 e. The SMILES string of the molecule is O=C(O)C1CCC(NC(=O)N2CCC(CNC(=O)C(F)(F)F)CC2)CC1. The first-order valence-electron chi connectivity index (χ1n) is 8.80. The molecule has 3 N–H and O–H groups in total. The number of nitrogens with zero attached hydrogens (tertiary/aromatic N) is 1. The highest BCUT2D eigenvalue weighted by Gasteiger charge is 2.38. The van der Waals surface area contributed by atoms with E-state index in [9.17, 15) is 27.6 Å². The molecule has 1 heterocycles. The van der Waals surface area contributed by atoms with Gasteiger partial charge in [0.1, 0.15) is 0 Å². The third kappa shape index (κ3) is 5.77. The molecule has 7 nitrogen and oxygen atoms in total. The Morgan fingerprint density at radius 1 is 1.00 bits per heavy atom. The van der Waals surface area contributed by atoms with Crippen molar-refractivity contribution in [3.05, 3.63) is 0 Å². The number of carboxylic acids is 1. The number of aliphatic carboxylic acids is 1. The van der Waals surface area contributed by atoms with E-state index in [1.165, 1.54) is 0 Å². The van der Waals surface area contributed by atoms with Crippen LogP contribution in [0.2, 0.25) is 0 Å². The maximum Gasteiger partial charge on any atom is 0.471 e. The van der Waals surface area contributed by atoms with Crippen LogP contribution in [0.1, 0.15) is 38.5 Å². The van der Waals surface area contributed by atoms with Crippen molar-refractivity contribution in [2.75, 3.05) is 19.6 Å². The number of likely N-dealkylation sites (tertiary alicyclic amines) is 1. The second-order valence-electron chi connectivity index (χ2n) is 6.97. The molecule has 1 aliphatic heterocycles. The zero-order valence-electron chi connectivity index (χ0n) is 14.3. The van der Waals surface area contributed by atoms with Crippen LogP contribution < -0.4 is 10.6 Å². The summed E-state index contributed by atoms with van der Waals surface area (Å²) in [6.07, 6.45) is -1.48. The Bertz CT molecular complexity index is 525. The lowest BCUT2D eigenvalue weighted by molar-refractivity contribution is -0.173. The van der Waals surface area contributed by atoms with E-state index in [1.54, 1.807) is 4.90 Å². The van der Waals surface area contributed by atoms with Gasteiger partial charge in [0.2, 0.25) is 0 Å². The van der Waals surface area contributed by atoms with Crippen molar-refractivity contribution in [3.8, 4) is 0 Å². The first kappa shape index (κ1) is 20.3. The highest BCUT2D eigenvalue weighted by molar-refractivity contribution is 5.81. The number of alkyl halides is 3. The van der Waals surface area contributed by atoms with Gasteiger partial charge in [-0.05, 0) is 44.4 Å². The number of rotatable bonds is 4. The van der Waals surface area contributed by atoms with Gasteiger partial charge < -0.3 is 20.6 Å². The Hall–Kier alpha value is -2.00. The van der Waals surface area contributed by atoms with Gasteiger partial charge in [-0.1, -0.05) is 0 Å². The van der Waals surface area contributed by atoms with E-state index < -0.39 is 18.1 Å². The number of hydrogen-bond acceptors (Lipinski definition) is 3. The molecule has 2 fully saturated rings. The standard InChI is InChI=1S/C16H24F3N3O4/c17-16(18,19)14(25)20-9-10-5-7-22(8-6-10)15(26)21-12-3-1-11(2-4-12)13(23)24/h10-12H,1-9H2,(H,20,25)(H,21,26)(H,23,24). The number of piperidine rings is 1. The predicted octanol–water partition coefficient (Wildman–Crippen LogP) is 1.73. The second kappa shape index (κ2) is 8.59. The van der Waals surface area contributed by atoms with Crippen LogP contribution in [-0.4, -0.2) is 59.8 Å². The summed E-state index contributed by atoms with van der Waals surface area (Å²) in [6.45, 7) is 0.790. The largest absolute Gasteiger partial charge is 0.481 e. The van der Waals surface area contributed by atoms with Crippen LogP contribution in [0.25, 0.3) is 0 Å². The van der Waals surface area contributed by atoms with Crippen molar-refractivity contribution < 1.29 is 32.7 Å². The van der Waals surface area contributed by atoms with Crippen LogP contribution in [0.15, 0.2) is 0 Å². The van der Waals surface area contributed by atoms with Crippen molar-refractivity contribution in [1.29, 1.82) is 0 Å². The van der Waals surface area contributed by atoms with Gasteiger partial charge in [0, 0.05) is 25.7 Å². The summed E-state index contributed by atoms with van der Waals surface area (Å²) in [5, 5.41) is 13.8. The van der Waals surface area contributed by atoms with Gasteiger partial charge in [-0.2, -0.15) is 13.2 Å². The minimum absolute atomic E-state index is 0.0399. The molecule has 0 unspecified atom stereocenters. The fraction of sp³-hybridized carbons (Fsp3) is 0.812. The summed E-state index contributed by atoms with van der Waals surface area (Å²) >= 11 is 0. The van der Waals surface area contributed by atoms with Crippen LogP contribution in [0.4, 0.5) is 18.0 Å². The molecule has 148 valence electrons. The van der Waals surface area contributed by atoms with E-state index in [-0.39, 0.29) is 30.5 Å². The minimum atomic E-state index is -4.87. The van der Waals surface area contributed by atoms with Crippen molar-refractivity contribution in [3.63, 3.8) is 0 Å². The third-order valence-corrected chi connectivity index (χ3v) is 5.11. The van der Waals surface area contributed by atoms with Gasteiger partial charge in [-0.25, -0.2) is 4.79 Å². The first-order valence-corrected chi connectivity index (χ1v) is 8.80. The summed E-state index contributed by atoms with van der Waals surface area (Å²) < 4.78 is 36.5. The maximum absolute atomic E-state index is 12.3. The van der Waals surface area contributed by atoms with Gasteiger partial charge in [-0.15, -0.1) is 0 Å². The molecular weight excluding hydrogens is 355 g/mol. The van der Waals surface area contributed by atoms with Crippen LogP contribution in [0, 0.1) is 11.8 Å². The zero-order valence-corrected chi connectivity index (χ0v) is 14.3. The van der Waals surface area contributed by atoms with E-state index in [4.69, 9.17) is 5.11 Å². The second-order valence-corrected chi connectivity index (χ2v) is 6.97. The number of carbonyl (C=O) groups is 3. The Morgan fingerprint density at radius 3 is 2.08 bits per heavy atom. The molecule has 0 aromatic rings. The predicted molar refractivity (Wildman–Crippen MR) is 85.3 cm³/mol. The van der Waals surface area contributed by atoms with Gasteiger partial charge in [0.15, 0.2) is 0 Å². The Labute approximate surface area is 149 Å². The van der Waals surface area contributed by atoms with Crippen molar-refractivity contribution in [2.24, 2.45) is 11.8 Å². The van der Waals surface area contributed by atoms with Gasteiger partial charge >= 0.3 is 24.1 Å². The van der Waals surface area contributed by atoms with Crippen molar-refractivity contribution in [2.45, 2.75) is 50.7 Å². The monoisotopic (exact) mass is 379 g/mol. The van der Waals surface area contributed by atoms with E-state index >= 15 is 0 Å². The fourth-order valence-corrected chi connectivity index (χ4v) is 3.43. The first-order chi connectivity index (χ1) is 12.2. The summed E-state index contributed by atoms with van der Waals surface area (Å²) in [4.78, 5) is 35.6. The molecule has 0 spiro atoms. The van der Waals surface area contributed by atoms with Gasteiger partial charge in [-0.3, -0.25) is 9.59 Å². The summed E-state index contributed by atoms with van der Waals surface area (Å²) in [5.74, 6) is -3.16. The quantitative estimate of drug-likeness (QED) is 0.693. The van der Waals surface area contributed by atoms with E-state index in [0.717, 1.165) is 0 Å². The average Bonchev–Trinajstić information content (AvgIpc) is 2.59. The molecule has 0 radical (unpaired) electrons. The molecule has 1 saturated heterocycles. The topological polar surface area (TPSA) is 98.7 Å². The molecule has 26 heavy (non-hydrogen) atoms. The van der Waals surface area contributed by atoms with Crippen LogP contribution in [0.5, 0.6) is 0 Å². The average molecular weight is 379 g/mol. The maximum atomic E-state index is 12.3. The normalized spacial score (nSPS) is 24.8. The zero-order chi connectivity index (χ0) is 19.3. The van der Waals surface area contributed by atoms with Crippen molar-refractivity contribution in [1.82, 2.24) is 15.5 Å². The molecule has 10 heteroatoms. The summed E-state index contributed by atoms with van der Waals surface area (Å²) in [7, 11) is 0. The molecule has 2 rings (SSSR count). The number of urea groups is 1. The molecule has 0 aromatic carbocycles. The fourth-order valence-electron chi connectivity index (χ4n) is 3.43. The van der Waals surface area contributed by atoms with Crippen LogP contribution >= 0.6 is 0 Å². The molecule has 0 bridgehead atoms. The molecule has 1 aliphatic carbocycles. The van der Waals surface area contributed by atoms with Gasteiger partial charge in [0.05, 0.1) is 5.92 Å². The molecule has 0 atom stereocenters. The lowest BCUT2D eigenvalue weighted by Crippen LogP contribution is -2.50. The molecule has 0 aromatic heterocycles. The Balaban J connectivity index is 1.67. The van der Waals surface area contributed by atoms with Crippen molar-refractivity contribution >= 4 is 17.9 Å². The number of halogens is 3. The number of nitrogens with one attached hydrogen (secondary N) is 2. The molecule has 3 amide bonds. The third-order valence-electron chi connectivity index (χ3n) is 5.11. The summed E-state index contributed by atoms with van der Waals surface area (Å²) in [5.41, 5.74) is 0. The number of carboxylic acid groups (broad SMARTS) is 1. The lowest BCUT2D eigenvalue weighted by atomic mass is 9.86. The highest BCUT2D eigenvalue weighted by Crippen LogP contribution is 2.25. The molecule has 1 saturated carbocycles. The summed E-state index contributed by atoms with van der Waals surface area (Å²) in [6, 6.07) is -0.261. The van der Waals surface area contributed by atoms with Crippen LogP contribution in [0.3, 0.4) is 0 Å². The highest BCUT2D eigenvalue weighted by atomic mass is 19.4. The van der Waals surface area contributed by atoms with E-state index in [2.05, 4.69) is 5.32 Å². The number of hydrogen-bond donors (Lipinski definition) is 3. The number of amides is 3. The van der Waals surface area contributed by atoms with Crippen LogP contribution in [-0.2, 0) is 9.59 Å². The Kier molecular flexibility index (Phi) is 6.71. The van der Waals surface area contributed by atoms with Gasteiger partial charge in [0.25, 0.3) is 0 Å². The lowest BCUT2D eigenvalue weighted by Gasteiger charge is -2.34. The Morgan fingerprint density at radius 2 is 1.58 bits per heavy atom. The minimum Gasteiger partial charge on any atom is -0.481 e.